The van der Waals surface area contributed by atoms with Crippen LogP contribution in [-0.4, -0.2) is 56.3 Å². The number of benzene rings is 1. The lowest BCUT2D eigenvalue weighted by Crippen LogP contribution is -2.40. The van der Waals surface area contributed by atoms with Crippen molar-refractivity contribution in [3.63, 3.8) is 0 Å². The molecule has 8 heteroatoms. The zero-order chi connectivity index (χ0) is 21.3. The summed E-state index contributed by atoms with van der Waals surface area (Å²) in [6.07, 6.45) is 1.17. The zero-order valence-corrected chi connectivity index (χ0v) is 17.9. The lowest BCUT2D eigenvalue weighted by atomic mass is 10.2. The molecule has 29 heavy (non-hydrogen) atoms. The number of carbonyl (C=O) groups excluding carboxylic acids is 2. The van der Waals surface area contributed by atoms with Gasteiger partial charge in [0.25, 0.3) is 0 Å². The van der Waals surface area contributed by atoms with Crippen molar-refractivity contribution in [2.75, 3.05) is 37.6 Å². The maximum absolute atomic E-state index is 12.6. The fourth-order valence-electron chi connectivity index (χ4n) is 2.97. The minimum absolute atomic E-state index is 0.0151. The third-order valence-electron chi connectivity index (χ3n) is 4.22. The maximum Gasteiger partial charge on any atom is 0.407 e. The van der Waals surface area contributed by atoms with Crippen LogP contribution in [0.4, 0.5) is 10.5 Å². The van der Waals surface area contributed by atoms with Crippen molar-refractivity contribution >= 4 is 23.6 Å². The van der Waals surface area contributed by atoms with Gasteiger partial charge in [-0.15, -0.1) is 0 Å². The molecule has 0 saturated carbocycles. The lowest BCUT2D eigenvalue weighted by molar-refractivity contribution is -0.117. The first kappa shape index (κ1) is 22.5. The molecule has 1 aliphatic heterocycles. The molecule has 0 aromatic heterocycles. The van der Waals surface area contributed by atoms with E-state index >= 15 is 0 Å². The number of alkyl carbamates (subject to hydrolysis) is 1. The summed E-state index contributed by atoms with van der Waals surface area (Å²) in [6, 6.07) is 7.98. The molecule has 1 heterocycles. The largest absolute Gasteiger partial charge is 0.444 e. The summed E-state index contributed by atoms with van der Waals surface area (Å²) in [7, 11) is 0. The van der Waals surface area contributed by atoms with Gasteiger partial charge in [-0.05, 0) is 52.2 Å². The van der Waals surface area contributed by atoms with Crippen LogP contribution in [0.2, 0.25) is 0 Å². The summed E-state index contributed by atoms with van der Waals surface area (Å²) in [6.45, 7) is 10.0. The van der Waals surface area contributed by atoms with Gasteiger partial charge in [0.15, 0.2) is 5.96 Å². The molecule has 0 spiro atoms. The number of para-hydroxylation sites is 1. The quantitative estimate of drug-likeness (QED) is 0.368. The number of nitrogens with zero attached hydrogens (tertiary/aromatic N) is 2. The Labute approximate surface area is 173 Å². The van der Waals surface area contributed by atoms with Crippen LogP contribution in [0.1, 0.15) is 39.7 Å². The summed E-state index contributed by atoms with van der Waals surface area (Å²) in [4.78, 5) is 30.4. The highest BCUT2D eigenvalue weighted by Crippen LogP contribution is 2.27. The van der Waals surface area contributed by atoms with Gasteiger partial charge in [0, 0.05) is 31.9 Å². The molecular formula is C21H33N5O3. The molecule has 0 atom stereocenters. The van der Waals surface area contributed by atoms with Crippen LogP contribution >= 0.6 is 0 Å². The van der Waals surface area contributed by atoms with Crippen LogP contribution in [0.15, 0.2) is 29.3 Å². The van der Waals surface area contributed by atoms with Gasteiger partial charge in [0.05, 0.1) is 0 Å². The smallest absolute Gasteiger partial charge is 0.407 e. The normalized spacial score (nSPS) is 13.7. The van der Waals surface area contributed by atoms with E-state index in [9.17, 15) is 9.59 Å². The second-order valence-corrected chi connectivity index (χ2v) is 7.83. The van der Waals surface area contributed by atoms with Gasteiger partial charge in [-0.1, -0.05) is 18.2 Å². The number of carbonyl (C=O) groups is 2. The number of fused-ring (bicyclic) bond motifs is 1. The van der Waals surface area contributed by atoms with Gasteiger partial charge in [0.1, 0.15) is 12.1 Å². The first-order valence-corrected chi connectivity index (χ1v) is 10.2. The van der Waals surface area contributed by atoms with Gasteiger partial charge in [0.2, 0.25) is 5.91 Å². The van der Waals surface area contributed by atoms with Crippen LogP contribution in [0.25, 0.3) is 0 Å². The highest BCUT2D eigenvalue weighted by Gasteiger charge is 2.23. The van der Waals surface area contributed by atoms with Crippen molar-refractivity contribution in [1.29, 1.82) is 0 Å². The molecule has 2 amide bonds. The number of rotatable bonds is 7. The first-order chi connectivity index (χ1) is 13.8. The number of guanidine groups is 1. The van der Waals surface area contributed by atoms with Crippen molar-refractivity contribution in [2.24, 2.45) is 4.99 Å². The van der Waals surface area contributed by atoms with Gasteiger partial charge >= 0.3 is 6.09 Å². The highest BCUT2D eigenvalue weighted by molar-refractivity contribution is 5.98. The molecule has 0 bridgehead atoms. The Kier molecular flexibility index (Phi) is 8.30. The Bertz CT molecular complexity index is 727. The van der Waals surface area contributed by atoms with Crippen LogP contribution in [0.5, 0.6) is 0 Å². The number of anilines is 1. The minimum Gasteiger partial charge on any atom is -0.444 e. The fraction of sp³-hybridized carbons (Fsp3) is 0.571. The van der Waals surface area contributed by atoms with Gasteiger partial charge in [-0.3, -0.25) is 4.79 Å². The summed E-state index contributed by atoms with van der Waals surface area (Å²) in [5, 5.41) is 9.04. The van der Waals surface area contributed by atoms with Gasteiger partial charge in [-0.2, -0.15) is 0 Å². The average molecular weight is 404 g/mol. The van der Waals surface area contributed by atoms with E-state index in [2.05, 4.69) is 27.0 Å². The lowest BCUT2D eigenvalue weighted by Gasteiger charge is -2.19. The number of amides is 2. The number of aliphatic imine (C=N–C) groups is 1. The zero-order valence-electron chi connectivity index (χ0n) is 17.9. The number of ether oxygens (including phenoxy) is 1. The van der Waals surface area contributed by atoms with Crippen molar-refractivity contribution < 1.29 is 14.3 Å². The molecule has 0 unspecified atom stereocenters. The predicted octanol–water partition coefficient (Wildman–Crippen LogP) is 2.05. The molecule has 1 aromatic rings. The van der Waals surface area contributed by atoms with Crippen molar-refractivity contribution in [2.45, 2.75) is 46.1 Å². The molecule has 0 aliphatic carbocycles. The second kappa shape index (κ2) is 10.7. The molecule has 1 aromatic carbocycles. The molecule has 0 saturated heterocycles. The van der Waals surface area contributed by atoms with Crippen LogP contribution in [-0.2, 0) is 16.0 Å². The summed E-state index contributed by atoms with van der Waals surface area (Å²) < 4.78 is 5.19. The monoisotopic (exact) mass is 403 g/mol. The summed E-state index contributed by atoms with van der Waals surface area (Å²) >= 11 is 0. The Morgan fingerprint density at radius 1 is 1.14 bits per heavy atom. The van der Waals surface area contributed by atoms with E-state index in [1.807, 2.05) is 45.9 Å². The van der Waals surface area contributed by atoms with Crippen LogP contribution in [0.3, 0.4) is 0 Å². The molecule has 160 valence electrons. The van der Waals surface area contributed by atoms with Gasteiger partial charge < -0.3 is 25.6 Å². The van der Waals surface area contributed by atoms with E-state index in [4.69, 9.17) is 4.74 Å². The van der Waals surface area contributed by atoms with Crippen molar-refractivity contribution in [1.82, 2.24) is 16.0 Å². The van der Waals surface area contributed by atoms with E-state index in [0.717, 1.165) is 12.1 Å². The highest BCUT2D eigenvalue weighted by atomic mass is 16.6. The molecule has 0 radical (unpaired) electrons. The predicted molar refractivity (Wildman–Crippen MR) is 115 cm³/mol. The Morgan fingerprint density at radius 2 is 1.86 bits per heavy atom. The molecule has 0 fully saturated rings. The average Bonchev–Trinajstić information content (AvgIpc) is 3.08. The van der Waals surface area contributed by atoms with E-state index in [0.29, 0.717) is 38.6 Å². The van der Waals surface area contributed by atoms with Crippen LogP contribution < -0.4 is 20.9 Å². The van der Waals surface area contributed by atoms with Crippen molar-refractivity contribution in [3.8, 4) is 0 Å². The number of hydrogen-bond donors (Lipinski definition) is 3. The third kappa shape index (κ3) is 7.63. The Hall–Kier alpha value is -2.77. The number of hydrogen-bond acceptors (Lipinski definition) is 4. The molecule has 1 aliphatic rings. The van der Waals surface area contributed by atoms with Gasteiger partial charge in [-0.25, -0.2) is 9.79 Å². The molecule has 3 N–H and O–H groups in total. The van der Waals surface area contributed by atoms with E-state index in [1.165, 1.54) is 5.56 Å². The molecular weight excluding hydrogens is 370 g/mol. The first-order valence-electron chi connectivity index (χ1n) is 10.2. The Balaban J connectivity index is 1.75. The van der Waals surface area contributed by atoms with E-state index in [-0.39, 0.29) is 12.5 Å². The van der Waals surface area contributed by atoms with Crippen molar-refractivity contribution in [3.05, 3.63) is 29.8 Å². The van der Waals surface area contributed by atoms with Crippen LogP contribution in [0, 0.1) is 0 Å². The maximum atomic E-state index is 12.6. The summed E-state index contributed by atoms with van der Waals surface area (Å²) in [5.74, 6) is 0.573. The van der Waals surface area contributed by atoms with E-state index in [1.54, 1.807) is 4.90 Å². The SMILES string of the molecule is CCNC(=NCC(=O)N1CCc2ccccc21)NCCCNC(=O)OC(C)(C)C. The minimum atomic E-state index is -0.504. The van der Waals surface area contributed by atoms with E-state index < -0.39 is 11.7 Å². The molecule has 2 rings (SSSR count). The topological polar surface area (TPSA) is 95.1 Å². The second-order valence-electron chi connectivity index (χ2n) is 7.83. The molecule has 8 nitrogen and oxygen atoms in total. The standard InChI is InChI=1S/C21H33N5O3/c1-5-22-19(23-12-8-13-24-20(28)29-21(2,3)4)25-15-18(27)26-14-11-16-9-6-7-10-17(16)26/h6-7,9-10H,5,8,11-15H2,1-4H3,(H,24,28)(H2,22,23,25). The number of nitrogens with one attached hydrogen (secondary N) is 3. The summed E-state index contributed by atoms with van der Waals surface area (Å²) in [5.41, 5.74) is 1.68. The fourth-order valence-corrected chi connectivity index (χ4v) is 2.97. The Morgan fingerprint density at radius 3 is 2.59 bits per heavy atom. The third-order valence-corrected chi connectivity index (χ3v) is 4.22.